The third kappa shape index (κ3) is 3.11. The Balaban J connectivity index is 1.40. The quantitative estimate of drug-likeness (QED) is 0.785. The largest absolute Gasteiger partial charge is 0.370 e. The zero-order valence-electron chi connectivity index (χ0n) is 14.4. The minimum atomic E-state index is -0.0771. The van der Waals surface area contributed by atoms with E-state index in [4.69, 9.17) is 0 Å². The van der Waals surface area contributed by atoms with Crippen molar-refractivity contribution in [2.75, 3.05) is 18.0 Å². The summed E-state index contributed by atoms with van der Waals surface area (Å²) < 4.78 is 2.97. The van der Waals surface area contributed by atoms with E-state index in [-0.39, 0.29) is 11.9 Å². The fourth-order valence-electron chi connectivity index (χ4n) is 3.30. The molecule has 1 saturated heterocycles. The van der Waals surface area contributed by atoms with Gasteiger partial charge in [-0.15, -0.1) is 11.3 Å². The molecule has 1 amide bonds. The van der Waals surface area contributed by atoms with E-state index in [0.717, 1.165) is 37.1 Å². The molecular weight excluding hydrogens is 334 g/mol. The molecule has 0 atom stereocenters. The van der Waals surface area contributed by atoms with E-state index in [1.54, 1.807) is 16.0 Å². The summed E-state index contributed by atoms with van der Waals surface area (Å²) in [5.74, 6) is -0.0771. The van der Waals surface area contributed by atoms with Crippen molar-refractivity contribution in [1.82, 2.24) is 20.1 Å². The molecule has 0 bridgehead atoms. The molecule has 1 aliphatic rings. The van der Waals surface area contributed by atoms with Crippen LogP contribution < -0.4 is 10.2 Å². The van der Waals surface area contributed by atoms with Crippen molar-refractivity contribution < 1.29 is 4.79 Å². The van der Waals surface area contributed by atoms with Gasteiger partial charge < -0.3 is 10.2 Å². The van der Waals surface area contributed by atoms with Crippen LogP contribution >= 0.6 is 11.3 Å². The second kappa shape index (κ2) is 6.48. The van der Waals surface area contributed by atoms with E-state index in [0.29, 0.717) is 5.69 Å². The van der Waals surface area contributed by atoms with Gasteiger partial charge in [-0.25, -0.2) is 0 Å². The standard InChI is InChI=1S/C18H21N5OS/c1-12-11-15(21-22(12)2)18(24)20-13-4-8-23(9-5-13)16-3-7-19-14-6-10-25-17(14)16/h3,6-7,10-11,13H,4-5,8-9H2,1-2H3,(H,20,24). The highest BCUT2D eigenvalue weighted by molar-refractivity contribution is 7.17. The predicted molar refractivity (Wildman–Crippen MR) is 100 cm³/mol. The number of carbonyl (C=O) groups is 1. The zero-order chi connectivity index (χ0) is 17.4. The molecule has 4 rings (SSSR count). The molecule has 0 aliphatic carbocycles. The highest BCUT2D eigenvalue weighted by Crippen LogP contribution is 2.31. The van der Waals surface area contributed by atoms with Crippen molar-refractivity contribution in [2.45, 2.75) is 25.8 Å². The lowest BCUT2D eigenvalue weighted by Crippen LogP contribution is -2.44. The van der Waals surface area contributed by atoms with Crippen LogP contribution in [0.3, 0.4) is 0 Å². The second-order valence-electron chi connectivity index (χ2n) is 6.49. The number of aryl methyl sites for hydroxylation is 2. The number of nitrogens with zero attached hydrogens (tertiary/aromatic N) is 4. The van der Waals surface area contributed by atoms with Gasteiger partial charge in [0.25, 0.3) is 5.91 Å². The number of carbonyl (C=O) groups excluding carboxylic acids is 1. The summed E-state index contributed by atoms with van der Waals surface area (Å²) in [7, 11) is 1.85. The van der Waals surface area contributed by atoms with Crippen LogP contribution in [-0.4, -0.2) is 39.8 Å². The second-order valence-corrected chi connectivity index (χ2v) is 7.41. The van der Waals surface area contributed by atoms with E-state index in [9.17, 15) is 4.79 Å². The van der Waals surface area contributed by atoms with E-state index in [1.165, 1.54) is 10.4 Å². The Morgan fingerprint density at radius 2 is 2.12 bits per heavy atom. The molecule has 0 saturated carbocycles. The van der Waals surface area contributed by atoms with Crippen molar-refractivity contribution in [2.24, 2.45) is 7.05 Å². The summed E-state index contributed by atoms with van der Waals surface area (Å²) in [5.41, 5.74) is 3.79. The minimum Gasteiger partial charge on any atom is -0.370 e. The zero-order valence-corrected chi connectivity index (χ0v) is 15.2. The van der Waals surface area contributed by atoms with Crippen molar-refractivity contribution in [3.63, 3.8) is 0 Å². The maximum Gasteiger partial charge on any atom is 0.272 e. The molecule has 0 unspecified atom stereocenters. The van der Waals surface area contributed by atoms with Crippen LogP contribution in [0, 0.1) is 6.92 Å². The lowest BCUT2D eigenvalue weighted by Gasteiger charge is -2.34. The van der Waals surface area contributed by atoms with Gasteiger partial charge in [-0.2, -0.15) is 5.10 Å². The van der Waals surface area contributed by atoms with Gasteiger partial charge in [-0.3, -0.25) is 14.5 Å². The smallest absolute Gasteiger partial charge is 0.272 e. The van der Waals surface area contributed by atoms with E-state index < -0.39 is 0 Å². The number of piperidine rings is 1. The fourth-order valence-corrected chi connectivity index (χ4v) is 4.20. The average molecular weight is 355 g/mol. The third-order valence-corrected chi connectivity index (χ3v) is 5.77. The lowest BCUT2D eigenvalue weighted by molar-refractivity contribution is 0.0925. The topological polar surface area (TPSA) is 63.1 Å². The number of fused-ring (bicyclic) bond motifs is 1. The maximum atomic E-state index is 12.4. The van der Waals surface area contributed by atoms with Crippen LogP contribution in [0.2, 0.25) is 0 Å². The number of anilines is 1. The summed E-state index contributed by atoms with van der Waals surface area (Å²) in [4.78, 5) is 19.2. The third-order valence-electron chi connectivity index (χ3n) is 4.84. The number of rotatable bonds is 3. The number of amides is 1. The first-order chi connectivity index (χ1) is 12.1. The van der Waals surface area contributed by atoms with Crippen LogP contribution in [0.15, 0.2) is 29.8 Å². The molecule has 0 spiro atoms. The van der Waals surface area contributed by atoms with Crippen LogP contribution in [0.4, 0.5) is 5.69 Å². The summed E-state index contributed by atoms with van der Waals surface area (Å²) in [6, 6.07) is 6.18. The number of hydrogen-bond acceptors (Lipinski definition) is 5. The van der Waals surface area contributed by atoms with Gasteiger partial charge in [-0.1, -0.05) is 0 Å². The number of thiophene rings is 1. The highest BCUT2D eigenvalue weighted by Gasteiger charge is 2.23. The minimum absolute atomic E-state index is 0.0771. The van der Waals surface area contributed by atoms with Gasteiger partial charge in [0.2, 0.25) is 0 Å². The van der Waals surface area contributed by atoms with Crippen LogP contribution in [0.5, 0.6) is 0 Å². The average Bonchev–Trinajstić information content (AvgIpc) is 3.22. The fraction of sp³-hybridized carbons (Fsp3) is 0.389. The molecular formula is C18H21N5OS. The van der Waals surface area contributed by atoms with Gasteiger partial charge in [-0.05, 0) is 43.3 Å². The lowest BCUT2D eigenvalue weighted by atomic mass is 10.0. The SMILES string of the molecule is Cc1cc(C(=O)NC2CCN(c3ccnc4ccsc34)CC2)nn1C. The summed E-state index contributed by atoms with van der Waals surface area (Å²) in [6.07, 6.45) is 3.75. The van der Waals surface area contributed by atoms with Crippen LogP contribution in [0.25, 0.3) is 10.2 Å². The molecule has 25 heavy (non-hydrogen) atoms. The molecule has 4 heterocycles. The normalized spacial score (nSPS) is 15.7. The Morgan fingerprint density at radius 1 is 1.32 bits per heavy atom. The number of hydrogen-bond donors (Lipinski definition) is 1. The molecule has 1 fully saturated rings. The number of nitrogens with one attached hydrogen (secondary N) is 1. The first-order valence-electron chi connectivity index (χ1n) is 8.50. The van der Waals surface area contributed by atoms with E-state index in [1.807, 2.05) is 26.2 Å². The molecule has 0 aromatic carbocycles. The van der Waals surface area contributed by atoms with Gasteiger partial charge in [0.1, 0.15) is 5.69 Å². The predicted octanol–water partition coefficient (Wildman–Crippen LogP) is 2.74. The van der Waals surface area contributed by atoms with Gasteiger partial charge in [0.15, 0.2) is 0 Å². The summed E-state index contributed by atoms with van der Waals surface area (Å²) in [6.45, 7) is 3.81. The summed E-state index contributed by atoms with van der Waals surface area (Å²) >= 11 is 1.74. The monoisotopic (exact) mass is 355 g/mol. The van der Waals surface area contributed by atoms with E-state index in [2.05, 4.69) is 37.8 Å². The Kier molecular flexibility index (Phi) is 4.17. The highest BCUT2D eigenvalue weighted by atomic mass is 32.1. The Morgan fingerprint density at radius 3 is 2.84 bits per heavy atom. The van der Waals surface area contributed by atoms with Crippen molar-refractivity contribution in [1.29, 1.82) is 0 Å². The van der Waals surface area contributed by atoms with Gasteiger partial charge >= 0.3 is 0 Å². The molecule has 6 nitrogen and oxygen atoms in total. The molecule has 1 N–H and O–H groups in total. The van der Waals surface area contributed by atoms with Crippen LogP contribution in [0.1, 0.15) is 29.0 Å². The molecule has 7 heteroatoms. The molecule has 0 radical (unpaired) electrons. The van der Waals surface area contributed by atoms with Crippen molar-refractivity contribution >= 4 is 33.1 Å². The number of aromatic nitrogens is 3. The van der Waals surface area contributed by atoms with Crippen LogP contribution in [-0.2, 0) is 7.05 Å². The molecule has 130 valence electrons. The maximum absolute atomic E-state index is 12.4. The van der Waals surface area contributed by atoms with Crippen molar-refractivity contribution in [3.05, 3.63) is 41.2 Å². The van der Waals surface area contributed by atoms with Gasteiger partial charge in [0.05, 0.1) is 15.9 Å². The Labute approximate surface area is 150 Å². The first-order valence-corrected chi connectivity index (χ1v) is 9.38. The van der Waals surface area contributed by atoms with Crippen molar-refractivity contribution in [3.8, 4) is 0 Å². The molecule has 3 aromatic rings. The Hall–Kier alpha value is -2.41. The molecule has 1 aliphatic heterocycles. The van der Waals surface area contributed by atoms with E-state index >= 15 is 0 Å². The number of pyridine rings is 1. The first kappa shape index (κ1) is 16.1. The summed E-state index contributed by atoms with van der Waals surface area (Å²) in [5, 5.41) is 9.47. The molecule has 3 aromatic heterocycles. The van der Waals surface area contributed by atoms with Gasteiger partial charge in [0, 0.05) is 38.1 Å². The Bertz CT molecular complexity index is 888.